The molecular weight excluding hydrogens is 362 g/mol. The largest absolute Gasteiger partial charge is 0.448 e. The number of nitrogens with zero attached hydrogens (tertiary/aromatic N) is 3. The number of thiazole rings is 1. The normalized spacial score (nSPS) is 11.9. The summed E-state index contributed by atoms with van der Waals surface area (Å²) in [6.07, 6.45) is -0.677. The fraction of sp³-hybridized carbons (Fsp3) is 0.100. The molecule has 2 aromatic heterocycles. The Labute approximate surface area is 159 Å². The lowest BCUT2D eigenvalue weighted by Gasteiger charge is -2.07. The average Bonchev–Trinajstić information content (AvgIpc) is 3.39. The standard InChI is InChI=1S/C20H15N3O3S/c1-13(17-22-23-18(26-17)14-8-4-2-5-9-14)25-20(24)16-12-27-19(21-16)15-10-6-3-7-11-15/h2-13H,1H3/t13-/m0/s1. The van der Waals surface area contributed by atoms with Crippen molar-refractivity contribution in [2.24, 2.45) is 0 Å². The molecule has 0 aliphatic rings. The van der Waals surface area contributed by atoms with Crippen LogP contribution < -0.4 is 0 Å². The molecule has 0 aliphatic carbocycles. The SMILES string of the molecule is C[C@H](OC(=O)c1csc(-c2ccccc2)n1)c1nnc(-c2ccccc2)o1. The molecule has 0 aliphatic heterocycles. The number of esters is 1. The van der Waals surface area contributed by atoms with Gasteiger partial charge in [-0.15, -0.1) is 21.5 Å². The highest BCUT2D eigenvalue weighted by molar-refractivity contribution is 7.13. The van der Waals surface area contributed by atoms with E-state index in [2.05, 4.69) is 15.2 Å². The minimum Gasteiger partial charge on any atom is -0.448 e. The first-order valence-electron chi connectivity index (χ1n) is 8.31. The van der Waals surface area contributed by atoms with Crippen molar-refractivity contribution in [1.82, 2.24) is 15.2 Å². The molecule has 2 heterocycles. The number of hydrogen-bond acceptors (Lipinski definition) is 7. The molecule has 6 nitrogen and oxygen atoms in total. The lowest BCUT2D eigenvalue weighted by molar-refractivity contribution is 0.0274. The first-order valence-corrected chi connectivity index (χ1v) is 9.19. The summed E-state index contributed by atoms with van der Waals surface area (Å²) < 4.78 is 11.1. The van der Waals surface area contributed by atoms with Gasteiger partial charge in [0.2, 0.25) is 5.89 Å². The van der Waals surface area contributed by atoms with E-state index in [0.29, 0.717) is 5.89 Å². The van der Waals surface area contributed by atoms with Crippen LogP contribution in [0.3, 0.4) is 0 Å². The molecule has 0 spiro atoms. The molecule has 2 aromatic carbocycles. The topological polar surface area (TPSA) is 78.1 Å². The van der Waals surface area contributed by atoms with Gasteiger partial charge in [-0.2, -0.15) is 0 Å². The van der Waals surface area contributed by atoms with Gasteiger partial charge in [0, 0.05) is 16.5 Å². The highest BCUT2D eigenvalue weighted by Gasteiger charge is 2.21. The Kier molecular flexibility index (Phi) is 4.76. The lowest BCUT2D eigenvalue weighted by atomic mass is 10.2. The number of benzene rings is 2. The van der Waals surface area contributed by atoms with Crippen LogP contribution in [0.5, 0.6) is 0 Å². The maximum Gasteiger partial charge on any atom is 0.358 e. The van der Waals surface area contributed by atoms with Crippen LogP contribution in [0.25, 0.3) is 22.0 Å². The molecule has 0 saturated carbocycles. The van der Waals surface area contributed by atoms with E-state index < -0.39 is 12.1 Å². The third-order valence-corrected chi connectivity index (χ3v) is 4.72. The fourth-order valence-electron chi connectivity index (χ4n) is 2.45. The van der Waals surface area contributed by atoms with Crippen LogP contribution >= 0.6 is 11.3 Å². The Morgan fingerprint density at radius 3 is 2.37 bits per heavy atom. The Bertz CT molecular complexity index is 1040. The van der Waals surface area contributed by atoms with Crippen molar-refractivity contribution in [3.8, 4) is 22.0 Å². The molecule has 27 heavy (non-hydrogen) atoms. The summed E-state index contributed by atoms with van der Waals surface area (Å²) in [6, 6.07) is 19.1. The van der Waals surface area contributed by atoms with Crippen molar-refractivity contribution in [1.29, 1.82) is 0 Å². The predicted molar refractivity (Wildman–Crippen MR) is 101 cm³/mol. The fourth-order valence-corrected chi connectivity index (χ4v) is 3.24. The Morgan fingerprint density at radius 1 is 1.00 bits per heavy atom. The van der Waals surface area contributed by atoms with Crippen LogP contribution in [0, 0.1) is 0 Å². The predicted octanol–water partition coefficient (Wildman–Crippen LogP) is 4.78. The van der Waals surface area contributed by atoms with Gasteiger partial charge in [0.1, 0.15) is 5.01 Å². The van der Waals surface area contributed by atoms with Gasteiger partial charge in [0.05, 0.1) is 0 Å². The maximum atomic E-state index is 12.4. The molecule has 0 N–H and O–H groups in total. The van der Waals surface area contributed by atoms with Crippen LogP contribution in [-0.4, -0.2) is 21.2 Å². The maximum absolute atomic E-state index is 12.4. The molecule has 0 amide bonds. The molecule has 0 saturated heterocycles. The van der Waals surface area contributed by atoms with Gasteiger partial charge in [-0.3, -0.25) is 0 Å². The highest BCUT2D eigenvalue weighted by atomic mass is 32.1. The third kappa shape index (κ3) is 3.78. The summed E-state index contributed by atoms with van der Waals surface area (Å²) in [4.78, 5) is 16.7. The molecule has 0 fully saturated rings. The first kappa shape index (κ1) is 17.1. The van der Waals surface area contributed by atoms with Crippen molar-refractivity contribution in [2.45, 2.75) is 13.0 Å². The molecule has 1 atom stereocenters. The summed E-state index contributed by atoms with van der Waals surface area (Å²) in [5.41, 5.74) is 2.02. The van der Waals surface area contributed by atoms with Gasteiger partial charge in [-0.05, 0) is 19.1 Å². The summed E-state index contributed by atoms with van der Waals surface area (Å²) in [5, 5.41) is 10.4. The van der Waals surface area contributed by atoms with Gasteiger partial charge in [0.25, 0.3) is 5.89 Å². The molecule has 0 unspecified atom stereocenters. The summed E-state index contributed by atoms with van der Waals surface area (Å²) in [7, 11) is 0. The van der Waals surface area contributed by atoms with Crippen molar-refractivity contribution in [3.63, 3.8) is 0 Å². The van der Waals surface area contributed by atoms with Crippen LogP contribution in [0.2, 0.25) is 0 Å². The zero-order valence-corrected chi connectivity index (χ0v) is 15.2. The van der Waals surface area contributed by atoms with Crippen LogP contribution in [0.4, 0.5) is 0 Å². The zero-order chi connectivity index (χ0) is 18.6. The second-order valence-corrected chi connectivity index (χ2v) is 6.62. The van der Waals surface area contributed by atoms with Gasteiger partial charge in [0.15, 0.2) is 11.8 Å². The Balaban J connectivity index is 1.46. The van der Waals surface area contributed by atoms with Crippen molar-refractivity contribution < 1.29 is 13.9 Å². The second kappa shape index (κ2) is 7.51. The van der Waals surface area contributed by atoms with E-state index in [9.17, 15) is 4.79 Å². The smallest absolute Gasteiger partial charge is 0.358 e. The molecule has 0 radical (unpaired) electrons. The van der Waals surface area contributed by atoms with Crippen LogP contribution in [0.15, 0.2) is 70.5 Å². The number of carbonyl (C=O) groups excluding carboxylic acids is 1. The monoisotopic (exact) mass is 377 g/mol. The first-order chi connectivity index (χ1) is 13.2. The number of carbonyl (C=O) groups is 1. The number of hydrogen-bond donors (Lipinski definition) is 0. The lowest BCUT2D eigenvalue weighted by Crippen LogP contribution is -2.10. The molecule has 134 valence electrons. The zero-order valence-electron chi connectivity index (χ0n) is 14.4. The van der Waals surface area contributed by atoms with E-state index in [1.165, 1.54) is 11.3 Å². The molecule has 4 aromatic rings. The van der Waals surface area contributed by atoms with Crippen molar-refractivity contribution >= 4 is 17.3 Å². The molecular formula is C20H15N3O3S. The van der Waals surface area contributed by atoms with E-state index in [0.717, 1.165) is 16.1 Å². The van der Waals surface area contributed by atoms with E-state index in [-0.39, 0.29) is 11.6 Å². The Hall–Kier alpha value is -3.32. The van der Waals surface area contributed by atoms with Crippen molar-refractivity contribution in [2.75, 3.05) is 0 Å². The minimum atomic E-state index is -0.677. The number of rotatable bonds is 5. The van der Waals surface area contributed by atoms with E-state index >= 15 is 0 Å². The van der Waals surface area contributed by atoms with Gasteiger partial charge in [-0.25, -0.2) is 9.78 Å². The highest BCUT2D eigenvalue weighted by Crippen LogP contribution is 2.26. The molecule has 7 heteroatoms. The van der Waals surface area contributed by atoms with E-state index in [1.807, 2.05) is 60.7 Å². The third-order valence-electron chi connectivity index (χ3n) is 3.83. The minimum absolute atomic E-state index is 0.237. The van der Waals surface area contributed by atoms with Crippen LogP contribution in [-0.2, 0) is 4.74 Å². The molecule has 4 rings (SSSR count). The number of aromatic nitrogens is 3. The summed E-state index contributed by atoms with van der Waals surface area (Å²) >= 11 is 1.39. The van der Waals surface area contributed by atoms with Gasteiger partial charge >= 0.3 is 5.97 Å². The van der Waals surface area contributed by atoms with E-state index in [1.54, 1.807) is 12.3 Å². The quantitative estimate of drug-likeness (QED) is 0.466. The van der Waals surface area contributed by atoms with Crippen LogP contribution in [0.1, 0.15) is 29.4 Å². The van der Waals surface area contributed by atoms with Crippen molar-refractivity contribution in [3.05, 3.63) is 77.6 Å². The van der Waals surface area contributed by atoms with E-state index in [4.69, 9.17) is 9.15 Å². The van der Waals surface area contributed by atoms with Gasteiger partial charge in [-0.1, -0.05) is 48.5 Å². The molecule has 0 bridgehead atoms. The summed E-state index contributed by atoms with van der Waals surface area (Å²) in [5.74, 6) is 0.0922. The number of ether oxygens (including phenoxy) is 1. The summed E-state index contributed by atoms with van der Waals surface area (Å²) in [6.45, 7) is 1.69. The Morgan fingerprint density at radius 2 is 1.67 bits per heavy atom. The average molecular weight is 377 g/mol. The second-order valence-electron chi connectivity index (χ2n) is 5.76. The van der Waals surface area contributed by atoms with Gasteiger partial charge < -0.3 is 9.15 Å².